The van der Waals surface area contributed by atoms with Crippen molar-refractivity contribution in [3.05, 3.63) is 47.2 Å². The number of nitrogen functional groups attached to an aromatic ring is 1. The molecule has 2 N–H and O–H groups in total. The van der Waals surface area contributed by atoms with Crippen molar-refractivity contribution in [1.82, 2.24) is 4.98 Å². The summed E-state index contributed by atoms with van der Waals surface area (Å²) in [6.45, 7) is 0. The van der Waals surface area contributed by atoms with Gasteiger partial charge in [0.2, 0.25) is 0 Å². The Kier molecular flexibility index (Phi) is 4.33. The minimum atomic E-state index is 0.541. The van der Waals surface area contributed by atoms with Crippen LogP contribution in [0.25, 0.3) is 0 Å². The van der Waals surface area contributed by atoms with Crippen molar-refractivity contribution < 1.29 is 4.74 Å². The van der Waals surface area contributed by atoms with Crippen molar-refractivity contribution in [1.29, 1.82) is 0 Å². The number of halogens is 1. The summed E-state index contributed by atoms with van der Waals surface area (Å²) in [5.41, 5.74) is 7.41. The number of pyridine rings is 1. The van der Waals surface area contributed by atoms with E-state index < -0.39 is 0 Å². The number of ether oxygens (including phenoxy) is 1. The van der Waals surface area contributed by atoms with E-state index in [0.29, 0.717) is 10.8 Å². The SMILES string of the molecule is COc1cc(N)ccc1SCc1cccnc1Cl. The van der Waals surface area contributed by atoms with Gasteiger partial charge in [0.15, 0.2) is 0 Å². The zero-order chi connectivity index (χ0) is 13.0. The van der Waals surface area contributed by atoms with Gasteiger partial charge in [-0.05, 0) is 23.8 Å². The first-order valence-electron chi connectivity index (χ1n) is 5.36. The summed E-state index contributed by atoms with van der Waals surface area (Å²) in [5.74, 6) is 1.52. The molecule has 3 nitrogen and oxygen atoms in total. The van der Waals surface area contributed by atoms with Gasteiger partial charge < -0.3 is 10.5 Å². The zero-order valence-corrected chi connectivity index (χ0v) is 11.5. The van der Waals surface area contributed by atoms with Crippen LogP contribution in [0.2, 0.25) is 5.15 Å². The lowest BCUT2D eigenvalue weighted by Crippen LogP contribution is -1.91. The number of nitrogens with two attached hydrogens (primary N) is 1. The number of anilines is 1. The van der Waals surface area contributed by atoms with Crippen molar-refractivity contribution in [2.45, 2.75) is 10.6 Å². The van der Waals surface area contributed by atoms with Gasteiger partial charge in [0.1, 0.15) is 10.9 Å². The Bertz CT molecular complexity index is 548. The maximum atomic E-state index is 6.01. The molecule has 0 fully saturated rings. The number of hydrogen-bond acceptors (Lipinski definition) is 4. The maximum Gasteiger partial charge on any atom is 0.134 e. The molecule has 0 atom stereocenters. The second kappa shape index (κ2) is 5.98. The molecule has 5 heteroatoms. The smallest absolute Gasteiger partial charge is 0.134 e. The molecule has 1 aromatic carbocycles. The van der Waals surface area contributed by atoms with E-state index in [1.54, 1.807) is 25.1 Å². The quantitative estimate of drug-likeness (QED) is 0.528. The van der Waals surface area contributed by atoms with Crippen LogP contribution in [0.3, 0.4) is 0 Å². The lowest BCUT2D eigenvalue weighted by atomic mass is 10.3. The highest BCUT2D eigenvalue weighted by Gasteiger charge is 2.06. The van der Waals surface area contributed by atoms with Gasteiger partial charge in [-0.25, -0.2) is 4.98 Å². The van der Waals surface area contributed by atoms with E-state index in [-0.39, 0.29) is 0 Å². The van der Waals surface area contributed by atoms with Crippen LogP contribution in [-0.4, -0.2) is 12.1 Å². The van der Waals surface area contributed by atoms with Gasteiger partial charge in [0.05, 0.1) is 7.11 Å². The minimum Gasteiger partial charge on any atom is -0.496 e. The summed E-state index contributed by atoms with van der Waals surface area (Å²) in [7, 11) is 1.63. The minimum absolute atomic E-state index is 0.541. The molecule has 2 rings (SSSR count). The van der Waals surface area contributed by atoms with Crippen LogP contribution in [0.1, 0.15) is 5.56 Å². The molecule has 0 saturated carbocycles. The third-order valence-electron chi connectivity index (χ3n) is 2.41. The molecular formula is C13H13ClN2OS. The average molecular weight is 281 g/mol. The van der Waals surface area contributed by atoms with Crippen LogP contribution in [0, 0.1) is 0 Å². The van der Waals surface area contributed by atoms with Crippen molar-refractivity contribution in [3.8, 4) is 5.75 Å². The molecule has 0 saturated heterocycles. The summed E-state index contributed by atoms with van der Waals surface area (Å²) < 4.78 is 5.30. The lowest BCUT2D eigenvalue weighted by Gasteiger charge is -2.09. The summed E-state index contributed by atoms with van der Waals surface area (Å²) in [4.78, 5) is 5.08. The van der Waals surface area contributed by atoms with Crippen LogP contribution in [0.4, 0.5) is 5.69 Å². The Balaban J connectivity index is 2.13. The third kappa shape index (κ3) is 3.09. The van der Waals surface area contributed by atoms with E-state index in [1.165, 1.54) is 0 Å². The first-order chi connectivity index (χ1) is 8.70. The summed E-state index contributed by atoms with van der Waals surface area (Å²) in [6, 6.07) is 9.46. The highest BCUT2D eigenvalue weighted by Crippen LogP contribution is 2.33. The van der Waals surface area contributed by atoms with Crippen LogP contribution in [-0.2, 0) is 5.75 Å². The Morgan fingerprint density at radius 1 is 1.39 bits per heavy atom. The Morgan fingerprint density at radius 3 is 2.94 bits per heavy atom. The molecule has 18 heavy (non-hydrogen) atoms. The van der Waals surface area contributed by atoms with E-state index in [2.05, 4.69) is 4.98 Å². The largest absolute Gasteiger partial charge is 0.496 e. The van der Waals surface area contributed by atoms with Crippen LogP contribution in [0.5, 0.6) is 5.75 Å². The standard InChI is InChI=1S/C13H13ClN2OS/c1-17-11-7-10(15)4-5-12(11)18-8-9-3-2-6-16-13(9)14/h2-7H,8,15H2,1H3. The number of hydrogen-bond donors (Lipinski definition) is 1. The average Bonchev–Trinajstić information content (AvgIpc) is 2.39. The van der Waals surface area contributed by atoms with Crippen LogP contribution >= 0.6 is 23.4 Å². The van der Waals surface area contributed by atoms with Gasteiger partial charge in [-0.1, -0.05) is 17.7 Å². The second-order valence-corrected chi connectivity index (χ2v) is 5.03. The predicted octanol–water partition coefficient (Wildman–Crippen LogP) is 3.62. The monoisotopic (exact) mass is 280 g/mol. The van der Waals surface area contributed by atoms with Crippen molar-refractivity contribution in [2.75, 3.05) is 12.8 Å². The highest BCUT2D eigenvalue weighted by molar-refractivity contribution is 7.98. The molecule has 0 unspecified atom stereocenters. The van der Waals surface area contributed by atoms with Crippen LogP contribution in [0.15, 0.2) is 41.4 Å². The molecule has 94 valence electrons. The van der Waals surface area contributed by atoms with Crippen molar-refractivity contribution >= 4 is 29.1 Å². The second-order valence-electron chi connectivity index (χ2n) is 3.65. The number of aromatic nitrogens is 1. The fourth-order valence-corrected chi connectivity index (χ4v) is 2.74. The van der Waals surface area contributed by atoms with E-state index in [0.717, 1.165) is 22.0 Å². The van der Waals surface area contributed by atoms with Crippen LogP contribution < -0.4 is 10.5 Å². The number of nitrogens with zero attached hydrogens (tertiary/aromatic N) is 1. The Morgan fingerprint density at radius 2 is 2.22 bits per heavy atom. The Labute approximate surface area is 115 Å². The number of rotatable bonds is 4. The molecule has 0 amide bonds. The third-order valence-corrected chi connectivity index (χ3v) is 3.85. The summed E-state index contributed by atoms with van der Waals surface area (Å²) >= 11 is 7.66. The number of benzene rings is 1. The summed E-state index contributed by atoms with van der Waals surface area (Å²) in [5, 5.41) is 0.541. The van der Waals surface area contributed by atoms with Crippen molar-refractivity contribution in [3.63, 3.8) is 0 Å². The molecule has 0 spiro atoms. The van der Waals surface area contributed by atoms with Crippen molar-refractivity contribution in [2.24, 2.45) is 0 Å². The lowest BCUT2D eigenvalue weighted by molar-refractivity contribution is 0.405. The molecule has 1 heterocycles. The molecule has 0 aliphatic heterocycles. The molecule has 1 aromatic heterocycles. The topological polar surface area (TPSA) is 48.1 Å². The van der Waals surface area contributed by atoms with E-state index in [1.807, 2.05) is 30.3 Å². The van der Waals surface area contributed by atoms with Gasteiger partial charge in [-0.2, -0.15) is 0 Å². The number of methoxy groups -OCH3 is 1. The zero-order valence-electron chi connectivity index (χ0n) is 9.89. The van der Waals surface area contributed by atoms with Gasteiger partial charge >= 0.3 is 0 Å². The van der Waals surface area contributed by atoms with Gasteiger partial charge in [-0.3, -0.25) is 0 Å². The molecule has 0 bridgehead atoms. The predicted molar refractivity (Wildman–Crippen MR) is 76.2 cm³/mol. The van der Waals surface area contributed by atoms with E-state index in [9.17, 15) is 0 Å². The molecule has 2 aromatic rings. The normalized spacial score (nSPS) is 10.3. The first-order valence-corrected chi connectivity index (χ1v) is 6.73. The molecule has 0 aliphatic carbocycles. The number of thioether (sulfide) groups is 1. The van der Waals surface area contributed by atoms with E-state index >= 15 is 0 Å². The van der Waals surface area contributed by atoms with Gasteiger partial charge in [-0.15, -0.1) is 11.8 Å². The fourth-order valence-electron chi connectivity index (χ4n) is 1.49. The van der Waals surface area contributed by atoms with Gasteiger partial charge in [0.25, 0.3) is 0 Å². The van der Waals surface area contributed by atoms with E-state index in [4.69, 9.17) is 22.1 Å². The molecule has 0 radical (unpaired) electrons. The fraction of sp³-hybridized carbons (Fsp3) is 0.154. The molecular weight excluding hydrogens is 268 g/mol. The van der Waals surface area contributed by atoms with Gasteiger partial charge in [0, 0.05) is 28.6 Å². The summed E-state index contributed by atoms with van der Waals surface area (Å²) in [6.07, 6.45) is 1.68. The maximum absolute atomic E-state index is 6.01. The molecule has 0 aliphatic rings. The Hall–Kier alpha value is -1.39. The first kappa shape index (κ1) is 13.1. The highest BCUT2D eigenvalue weighted by atomic mass is 35.5.